The first-order valence-corrected chi connectivity index (χ1v) is 42.5. The molecule has 2 aromatic rings. The van der Waals surface area contributed by atoms with Crippen molar-refractivity contribution >= 4 is 23.6 Å². The fraction of sp³-hybridized carbons (Fsp3) is 0.897. The van der Waals surface area contributed by atoms with E-state index in [0.717, 1.165) is 64.2 Å². The van der Waals surface area contributed by atoms with Gasteiger partial charge in [0.05, 0.1) is 128 Å². The fourth-order valence-electron chi connectivity index (χ4n) is 17.0. The van der Waals surface area contributed by atoms with Crippen LogP contribution in [0.5, 0.6) is 0 Å². The van der Waals surface area contributed by atoms with Gasteiger partial charge in [-0.1, -0.05) is 101 Å². The Labute approximate surface area is 683 Å². The molecular weight excluding hydrogens is 1540 g/mol. The average molecular weight is 1670 g/mol. The Morgan fingerprint density at radius 1 is 0.436 bits per heavy atom. The van der Waals surface area contributed by atoms with E-state index in [2.05, 4.69) is 41.9 Å². The molecule has 0 aromatic carbocycles. The van der Waals surface area contributed by atoms with Gasteiger partial charge in [0, 0.05) is 13.1 Å². The molecule has 8 aliphatic rings. The number of hydrogen-bond donors (Lipinski definition) is 14. The van der Waals surface area contributed by atoms with Crippen LogP contribution in [0.3, 0.4) is 0 Å². The minimum Gasteiger partial charge on any atom is -0.394 e. The minimum atomic E-state index is -1.59. The summed E-state index contributed by atoms with van der Waals surface area (Å²) in [5, 5.41) is 137. The summed E-state index contributed by atoms with van der Waals surface area (Å²) < 4.78 is 95.1. The van der Waals surface area contributed by atoms with Crippen molar-refractivity contribution in [3.63, 3.8) is 0 Å². The number of rotatable bonds is 44. The van der Waals surface area contributed by atoms with E-state index in [-0.39, 0.29) is 103 Å². The Bertz CT molecular complexity index is 3030. The van der Waals surface area contributed by atoms with Gasteiger partial charge >= 0.3 is 0 Å². The Balaban J connectivity index is 0.648. The highest BCUT2D eigenvalue weighted by Crippen LogP contribution is 2.40. The van der Waals surface area contributed by atoms with Gasteiger partial charge in [0.2, 0.25) is 23.6 Å². The van der Waals surface area contributed by atoms with Crippen LogP contribution in [0.15, 0.2) is 12.4 Å². The molecule has 10 rings (SSSR count). The van der Waals surface area contributed by atoms with Crippen LogP contribution >= 0.6 is 0 Å². The van der Waals surface area contributed by atoms with Crippen molar-refractivity contribution in [1.29, 1.82) is 0 Å². The average Bonchev–Trinajstić information content (AvgIpc) is 0.902. The fourth-order valence-corrected chi connectivity index (χ4v) is 17.0. The van der Waals surface area contributed by atoms with Gasteiger partial charge in [-0.25, -0.2) is 9.36 Å². The predicted molar refractivity (Wildman–Crippen MR) is 406 cm³/mol. The molecule has 4 aliphatic carbocycles. The molecule has 8 fully saturated rings. The molecule has 117 heavy (non-hydrogen) atoms. The summed E-state index contributed by atoms with van der Waals surface area (Å²) >= 11 is 0. The number of nitrogens with one attached hydrogen (secondary N) is 4. The summed E-state index contributed by atoms with van der Waals surface area (Å²) in [6.07, 6.45) is -12.5. The highest BCUT2D eigenvalue weighted by Gasteiger charge is 2.55. The maximum atomic E-state index is 14.2. The lowest BCUT2D eigenvalue weighted by Gasteiger charge is -2.48. The second kappa shape index (κ2) is 47.7. The largest absolute Gasteiger partial charge is 0.394 e. The summed E-state index contributed by atoms with van der Waals surface area (Å²) in [4.78, 5) is 56.1. The first kappa shape index (κ1) is 94.4. The van der Waals surface area contributed by atoms with Crippen LogP contribution in [-0.2, 0) is 117 Å². The lowest BCUT2D eigenvalue weighted by molar-refractivity contribution is -0.336. The molecule has 14 N–H and O–H groups in total. The van der Waals surface area contributed by atoms with Crippen LogP contribution in [0.2, 0.25) is 0 Å². The first-order valence-electron chi connectivity index (χ1n) is 42.5. The molecule has 4 amide bonds. The summed E-state index contributed by atoms with van der Waals surface area (Å²) in [5.41, 5.74) is 0.825. The van der Waals surface area contributed by atoms with Gasteiger partial charge in [0.1, 0.15) is 122 Å². The number of aliphatic hydroxyl groups excluding tert-OH is 10. The van der Waals surface area contributed by atoms with Gasteiger partial charge < -0.3 is 143 Å². The highest BCUT2D eigenvalue weighted by atomic mass is 16.7. The van der Waals surface area contributed by atoms with E-state index in [0.29, 0.717) is 75.8 Å². The number of carbonyl (C=O) groups excluding carboxylic acids is 4. The van der Waals surface area contributed by atoms with Crippen molar-refractivity contribution in [1.82, 2.24) is 51.3 Å². The molecule has 4 aliphatic heterocycles. The second-order valence-electron chi connectivity index (χ2n) is 32.6. The van der Waals surface area contributed by atoms with Crippen LogP contribution in [0.25, 0.3) is 0 Å². The third-order valence-corrected chi connectivity index (χ3v) is 23.6. The lowest BCUT2D eigenvalue weighted by Crippen LogP contribution is -2.67. The van der Waals surface area contributed by atoms with E-state index in [1.54, 1.807) is 27.7 Å². The van der Waals surface area contributed by atoms with Crippen LogP contribution in [-0.4, -0.2) is 343 Å². The van der Waals surface area contributed by atoms with E-state index < -0.39 is 196 Å². The van der Waals surface area contributed by atoms with E-state index in [4.69, 9.17) is 71.1 Å². The van der Waals surface area contributed by atoms with Crippen LogP contribution in [0, 0.1) is 23.7 Å². The molecule has 10 unspecified atom stereocenters. The molecule has 668 valence electrons. The Hall–Kier alpha value is -4.84. The van der Waals surface area contributed by atoms with Gasteiger partial charge in [0.25, 0.3) is 0 Å². The van der Waals surface area contributed by atoms with Crippen molar-refractivity contribution in [2.45, 2.75) is 343 Å². The zero-order valence-corrected chi connectivity index (χ0v) is 68.4. The summed E-state index contributed by atoms with van der Waals surface area (Å²) in [5.74, 6) is -2.03. The maximum absolute atomic E-state index is 14.2. The molecule has 0 bridgehead atoms. The zero-order valence-electron chi connectivity index (χ0n) is 68.4. The number of carbonyl (C=O) groups is 4. The van der Waals surface area contributed by atoms with Crippen molar-refractivity contribution in [3.8, 4) is 0 Å². The van der Waals surface area contributed by atoms with E-state index in [1.807, 2.05) is 13.8 Å². The smallest absolute Gasteiger partial charge is 0.249 e. The molecule has 4 saturated heterocycles. The second-order valence-corrected chi connectivity index (χ2v) is 32.6. The van der Waals surface area contributed by atoms with Gasteiger partial charge in [0.15, 0.2) is 25.2 Å². The summed E-state index contributed by atoms with van der Waals surface area (Å²) in [7, 11) is 0. The van der Waals surface area contributed by atoms with E-state index in [1.165, 1.54) is 21.8 Å². The third-order valence-electron chi connectivity index (χ3n) is 23.6. The maximum Gasteiger partial charge on any atom is 0.249 e. The standard InChI is InChI=1S/C78H132N10O29/c1-7-79-73(101)53(33-47-19-11-9-12-20-47)110-71-59(75(114-55(39-89)63(71)95)112-51-23-15-17-43(3)69(51)116-77-67(99)65(97)61(93)45(5)108-77)81-57(91)37-87-35-49(83-85-87)41-106-31-29-104-27-25-103-26-28-105-30-32-107-42-50-36-88(86-84-50)38-58(92)82-60-72(111-54(74(102)80-8-2)34-48-21-13-10-14-22-48)64(96)56(40-90)115-76(60)113-52-24-16-18-44(4)70(52)117-78-68(100)66(98)62(94)46(6)109-78/h35-36,43-48,51-56,59-72,75-78,89-90,93-100H,7-34,37-42H2,1-6H3,(H,79,101)(H,80,102)(H,81,91)(H,82,92)/t43?,44?,45?,46?,51-,52-,53+,54+,55+,56+,59?,60?,61-,62-,63+,64+,65+,66+,67?,68?,69-,70-,71?,72?,75-,76-,77+,78+/m1/s1. The van der Waals surface area contributed by atoms with Crippen LogP contribution < -0.4 is 21.3 Å². The monoisotopic (exact) mass is 1670 g/mol. The normalized spacial score (nSPS) is 35.3. The minimum absolute atomic E-state index is 0.0382. The van der Waals surface area contributed by atoms with Crippen LogP contribution in [0.4, 0.5) is 0 Å². The SMILES string of the molecule is CCNC(=O)[C@H](CC1CCCCC1)OC1C(NC(=O)Cn2cc(COCCOCCOCCOCCOCc3cn(CC(=O)NC4C(O[C@@H](CC5CCCCC5)C(=O)NCC)[C@@H](O)[C@H](CO)O[C@H]4O[C@@H]4CCCC(C)[C@H]4O[C@@H]4OC(C)[C@@H](O)[C@H](O)C4O)nn3)nn2)[C@H](O[C@@H]2CCCC(C)[C@H]2O[C@@H]2OC(C)[C@@H](O)[C@H](O)C2O)O[C@@H](CO)[C@@H]1O. The number of likely N-dealkylation sites (N-methyl/N-ethyl adjacent to an activating group) is 2. The Kier molecular flexibility index (Phi) is 38.5. The van der Waals surface area contributed by atoms with E-state index in [9.17, 15) is 70.2 Å². The number of aliphatic hydroxyl groups is 10. The molecule has 2 aromatic heterocycles. The Morgan fingerprint density at radius 3 is 1.16 bits per heavy atom. The number of aromatic nitrogens is 6. The van der Waals surface area contributed by atoms with Gasteiger partial charge in [-0.15, -0.1) is 10.2 Å². The highest BCUT2D eigenvalue weighted by molar-refractivity contribution is 5.81. The van der Waals surface area contributed by atoms with Crippen molar-refractivity contribution in [2.24, 2.45) is 23.7 Å². The lowest BCUT2D eigenvalue weighted by atomic mass is 9.85. The number of nitrogens with zero attached hydrogens (tertiary/aromatic N) is 6. The molecule has 6 heterocycles. The quantitative estimate of drug-likeness (QED) is 0.0330. The molecule has 39 nitrogen and oxygen atoms in total. The molecule has 39 heteroatoms. The van der Waals surface area contributed by atoms with Gasteiger partial charge in [-0.05, 0) is 89.9 Å². The Morgan fingerprint density at radius 2 is 0.803 bits per heavy atom. The molecule has 0 radical (unpaired) electrons. The van der Waals surface area contributed by atoms with Gasteiger partial charge in [-0.3, -0.25) is 19.2 Å². The molecule has 4 saturated carbocycles. The topological polar surface area (TPSA) is 519 Å². The van der Waals surface area contributed by atoms with E-state index >= 15 is 0 Å². The summed E-state index contributed by atoms with van der Waals surface area (Å²) in [6, 6.07) is -2.56. The molecule has 0 spiro atoms. The van der Waals surface area contributed by atoms with Crippen molar-refractivity contribution < 1.29 is 141 Å². The van der Waals surface area contributed by atoms with Crippen molar-refractivity contribution in [2.75, 3.05) is 79.2 Å². The molecular formula is C78H132N10O29. The first-order chi connectivity index (χ1) is 56.4. The number of hydrogen-bond acceptors (Lipinski definition) is 33. The van der Waals surface area contributed by atoms with Crippen molar-refractivity contribution in [3.05, 3.63) is 23.8 Å². The third kappa shape index (κ3) is 27.1. The number of amides is 4. The number of ether oxygens (including phenoxy) is 15. The summed E-state index contributed by atoms with van der Waals surface area (Å²) in [6.45, 7) is 11.2. The van der Waals surface area contributed by atoms with Gasteiger partial charge in [-0.2, -0.15) is 0 Å². The molecule has 28 atom stereocenters. The van der Waals surface area contributed by atoms with Crippen LogP contribution in [0.1, 0.15) is 169 Å². The zero-order chi connectivity index (χ0) is 83.7. The predicted octanol–water partition coefficient (Wildman–Crippen LogP) is -1.67.